The van der Waals surface area contributed by atoms with Gasteiger partial charge in [-0.05, 0) is 74.9 Å². The average Bonchev–Trinajstić information content (AvgIpc) is 3.23. The van der Waals surface area contributed by atoms with Crippen LogP contribution in [0.25, 0.3) is 0 Å². The van der Waals surface area contributed by atoms with Gasteiger partial charge in [-0.25, -0.2) is 13.1 Å². The summed E-state index contributed by atoms with van der Waals surface area (Å²) in [6.45, 7) is 1.87. The van der Waals surface area contributed by atoms with Crippen molar-refractivity contribution < 1.29 is 13.3 Å². The predicted molar refractivity (Wildman–Crippen MR) is 124 cm³/mol. The zero-order valence-corrected chi connectivity index (χ0v) is 19.4. The maximum atomic E-state index is 13.0. The third-order valence-electron chi connectivity index (χ3n) is 6.69. The van der Waals surface area contributed by atoms with Gasteiger partial charge in [-0.2, -0.15) is 0 Å². The fourth-order valence-corrected chi connectivity index (χ4v) is 6.66. The van der Waals surface area contributed by atoms with Crippen molar-refractivity contribution in [2.45, 2.75) is 55.5 Å². The van der Waals surface area contributed by atoms with Crippen LogP contribution in [-0.2, 0) is 16.4 Å². The first-order valence-electron chi connectivity index (χ1n) is 11.1. The number of hydrogen-bond acceptors (Lipinski definition) is 5. The second-order valence-electron chi connectivity index (χ2n) is 8.76. The van der Waals surface area contributed by atoms with Crippen molar-refractivity contribution in [2.75, 3.05) is 13.1 Å². The van der Waals surface area contributed by atoms with Crippen molar-refractivity contribution in [1.82, 2.24) is 9.62 Å². The molecule has 1 N–H and O–H groups in total. The number of likely N-dealkylation sites (tertiary alicyclic amines) is 1. The number of benzene rings is 2. The molecule has 0 spiro atoms. The largest absolute Gasteiger partial charge is 0.299 e. The lowest BCUT2D eigenvalue weighted by atomic mass is 9.89. The third kappa shape index (κ3) is 5.31. The lowest BCUT2D eigenvalue weighted by Crippen LogP contribution is -2.51. The Morgan fingerprint density at radius 2 is 1.72 bits per heavy atom. The summed E-state index contributed by atoms with van der Waals surface area (Å²) in [5.41, 5.74) is 0.904. The van der Waals surface area contributed by atoms with Crippen LogP contribution in [0.5, 0.6) is 0 Å². The van der Waals surface area contributed by atoms with Gasteiger partial charge in [-0.15, -0.1) is 0 Å². The van der Waals surface area contributed by atoms with E-state index in [4.69, 9.17) is 11.6 Å². The molecule has 2 aliphatic rings. The Labute approximate surface area is 194 Å². The van der Waals surface area contributed by atoms with Crippen LogP contribution >= 0.6 is 11.6 Å². The Kier molecular flexibility index (Phi) is 7.14. The molecule has 2 atom stereocenters. The van der Waals surface area contributed by atoms with Crippen LogP contribution in [-0.4, -0.2) is 43.4 Å². The summed E-state index contributed by atoms with van der Waals surface area (Å²) < 4.78 is 28.7. The first kappa shape index (κ1) is 23.2. The zero-order valence-electron chi connectivity index (χ0n) is 17.8. The molecular weight excluding hydrogens is 450 g/mol. The third-order valence-corrected chi connectivity index (χ3v) is 8.48. The second-order valence-corrected chi connectivity index (χ2v) is 10.9. The van der Waals surface area contributed by atoms with Gasteiger partial charge >= 0.3 is 0 Å². The fraction of sp³-hybridized carbons (Fsp3) is 0.478. The van der Waals surface area contributed by atoms with Crippen LogP contribution in [0, 0.1) is 16.0 Å². The molecule has 2 aromatic rings. The van der Waals surface area contributed by atoms with E-state index in [1.54, 1.807) is 0 Å². The molecule has 1 saturated heterocycles. The van der Waals surface area contributed by atoms with E-state index >= 15 is 0 Å². The van der Waals surface area contributed by atoms with E-state index in [-0.39, 0.29) is 17.0 Å². The van der Waals surface area contributed by atoms with Crippen molar-refractivity contribution in [3.8, 4) is 0 Å². The van der Waals surface area contributed by atoms with Gasteiger partial charge in [0.25, 0.3) is 5.69 Å². The van der Waals surface area contributed by atoms with Gasteiger partial charge in [0.1, 0.15) is 0 Å². The van der Waals surface area contributed by atoms with Crippen LogP contribution in [0.1, 0.15) is 37.7 Å². The molecule has 0 amide bonds. The second kappa shape index (κ2) is 9.87. The summed E-state index contributed by atoms with van der Waals surface area (Å²) >= 11 is 5.98. The number of rotatable bonds is 7. The number of hydrogen-bond donors (Lipinski definition) is 1. The number of nitro benzene ring substituents is 1. The molecule has 2 fully saturated rings. The van der Waals surface area contributed by atoms with Crippen LogP contribution in [0.2, 0.25) is 5.02 Å². The monoisotopic (exact) mass is 477 g/mol. The summed E-state index contributed by atoms with van der Waals surface area (Å²) in [5, 5.41) is 12.0. The Balaban J connectivity index is 1.38. The normalized spacial score (nSPS) is 22.8. The van der Waals surface area contributed by atoms with E-state index < -0.39 is 20.6 Å². The molecule has 0 bridgehead atoms. The zero-order chi connectivity index (χ0) is 22.7. The van der Waals surface area contributed by atoms with Gasteiger partial charge in [0.2, 0.25) is 10.0 Å². The molecule has 172 valence electrons. The van der Waals surface area contributed by atoms with Crippen molar-refractivity contribution in [3.63, 3.8) is 0 Å². The molecule has 1 aliphatic heterocycles. The molecular formula is C23H28ClN3O4S. The quantitative estimate of drug-likeness (QED) is 0.471. The van der Waals surface area contributed by atoms with Crippen molar-refractivity contribution in [3.05, 3.63) is 69.2 Å². The van der Waals surface area contributed by atoms with E-state index in [1.165, 1.54) is 29.8 Å². The molecule has 0 radical (unpaired) electrons. The number of nitrogens with zero attached hydrogens (tertiary/aromatic N) is 2. The molecule has 0 aromatic heterocycles. The van der Waals surface area contributed by atoms with Crippen molar-refractivity contribution in [2.24, 2.45) is 5.92 Å². The lowest BCUT2D eigenvalue weighted by Gasteiger charge is -2.38. The average molecular weight is 478 g/mol. The minimum absolute atomic E-state index is 0.129. The highest BCUT2D eigenvalue weighted by Gasteiger charge is 2.37. The van der Waals surface area contributed by atoms with Crippen LogP contribution in [0.15, 0.2) is 53.4 Å². The maximum absolute atomic E-state index is 13.0. The molecule has 0 unspecified atom stereocenters. The minimum Gasteiger partial charge on any atom is -0.299 e. The first-order chi connectivity index (χ1) is 15.3. The topological polar surface area (TPSA) is 92.5 Å². The Hall–Kier alpha value is -2.00. The lowest BCUT2D eigenvalue weighted by molar-refractivity contribution is -0.387. The van der Waals surface area contributed by atoms with E-state index in [0.717, 1.165) is 56.6 Å². The van der Waals surface area contributed by atoms with Crippen LogP contribution < -0.4 is 4.72 Å². The maximum Gasteiger partial charge on any atom is 0.289 e. The van der Waals surface area contributed by atoms with Gasteiger partial charge in [0, 0.05) is 23.2 Å². The Morgan fingerprint density at radius 1 is 1.03 bits per heavy atom. The molecule has 1 saturated carbocycles. The molecule has 2 aromatic carbocycles. The molecule has 32 heavy (non-hydrogen) atoms. The molecule has 1 aliphatic carbocycles. The van der Waals surface area contributed by atoms with Crippen molar-refractivity contribution in [1.29, 1.82) is 0 Å². The smallest absolute Gasteiger partial charge is 0.289 e. The standard InChI is InChI=1S/C23H28ClN3O4S/c24-19-10-8-17(9-11-19)16-18-12-14-26(15-13-18)21-6-3-4-20(21)25-32(30,31)23-7-2-1-5-22(23)27(28)29/h1-2,5,7-11,18,20-21,25H,3-4,6,12-16H2/t20-,21-/m1/s1. The number of nitrogens with one attached hydrogen (secondary N) is 1. The number of para-hydroxylation sites is 1. The van der Waals surface area contributed by atoms with E-state index in [2.05, 4.69) is 21.8 Å². The van der Waals surface area contributed by atoms with Gasteiger partial charge in [-0.3, -0.25) is 15.0 Å². The highest BCUT2D eigenvalue weighted by Crippen LogP contribution is 2.31. The number of sulfonamides is 1. The number of piperidine rings is 1. The molecule has 1 heterocycles. The van der Waals surface area contributed by atoms with E-state index in [0.29, 0.717) is 5.92 Å². The summed E-state index contributed by atoms with van der Waals surface area (Å²) in [6.07, 6.45) is 5.80. The van der Waals surface area contributed by atoms with Gasteiger partial charge in [-0.1, -0.05) is 42.3 Å². The molecule has 9 heteroatoms. The summed E-state index contributed by atoms with van der Waals surface area (Å²) in [5.74, 6) is 0.607. The summed E-state index contributed by atoms with van der Waals surface area (Å²) in [4.78, 5) is 12.8. The highest BCUT2D eigenvalue weighted by molar-refractivity contribution is 7.89. The van der Waals surface area contributed by atoms with E-state index in [9.17, 15) is 18.5 Å². The molecule has 4 rings (SSSR count). The minimum atomic E-state index is -3.98. The van der Waals surface area contributed by atoms with Crippen LogP contribution in [0.3, 0.4) is 0 Å². The summed E-state index contributed by atoms with van der Waals surface area (Å²) in [6, 6.07) is 13.4. The van der Waals surface area contributed by atoms with Gasteiger partial charge < -0.3 is 0 Å². The predicted octanol–water partition coefficient (Wildman–Crippen LogP) is 4.40. The molecule has 7 nitrogen and oxygen atoms in total. The Bertz CT molecular complexity index is 1050. The SMILES string of the molecule is O=[N+]([O-])c1ccccc1S(=O)(=O)N[C@@H]1CCC[C@H]1N1CCC(Cc2ccc(Cl)cc2)CC1. The first-order valence-corrected chi connectivity index (χ1v) is 12.9. The number of halogens is 1. The number of nitro groups is 1. The van der Waals surface area contributed by atoms with Crippen LogP contribution in [0.4, 0.5) is 5.69 Å². The Morgan fingerprint density at radius 3 is 2.41 bits per heavy atom. The van der Waals surface area contributed by atoms with E-state index in [1.807, 2.05) is 12.1 Å². The van der Waals surface area contributed by atoms with Crippen molar-refractivity contribution >= 4 is 27.3 Å². The van der Waals surface area contributed by atoms with Gasteiger partial charge in [0.05, 0.1) is 4.92 Å². The van der Waals surface area contributed by atoms with Gasteiger partial charge in [0.15, 0.2) is 4.90 Å². The fourth-order valence-electron chi connectivity index (χ4n) is 5.06. The highest BCUT2D eigenvalue weighted by atomic mass is 35.5. The summed E-state index contributed by atoms with van der Waals surface area (Å²) in [7, 11) is -3.98.